The van der Waals surface area contributed by atoms with Gasteiger partial charge in [-0.05, 0) is 73.4 Å². The molecule has 2 aliphatic carbocycles. The van der Waals surface area contributed by atoms with Crippen molar-refractivity contribution in [3.8, 4) is 11.3 Å². The zero-order chi connectivity index (χ0) is 25.2. The van der Waals surface area contributed by atoms with Crippen molar-refractivity contribution < 1.29 is 22.3 Å². The first-order valence-corrected chi connectivity index (χ1v) is 13.3. The van der Waals surface area contributed by atoms with Crippen LogP contribution < -0.4 is 0 Å². The number of fused-ring (bicyclic) bond motifs is 5. The van der Waals surface area contributed by atoms with Crippen molar-refractivity contribution in [3.05, 3.63) is 71.1 Å². The summed E-state index contributed by atoms with van der Waals surface area (Å²) in [5.41, 5.74) is 1.04. The molecule has 2 aliphatic rings. The van der Waals surface area contributed by atoms with Crippen molar-refractivity contribution in [2.45, 2.75) is 62.5 Å². The SMILES string of the molecule is C[C@H](O)CCS(=O)(=O)c1cccc([C@@]23CC[C@@H](c4cc(-c5c(F)cccc5F)nnc42)C3(C)C)n1. The molecule has 1 saturated carbocycles. The molecular formula is C26H27F2N3O3S. The van der Waals surface area contributed by atoms with Gasteiger partial charge in [0, 0.05) is 0 Å². The van der Waals surface area contributed by atoms with E-state index in [2.05, 4.69) is 29.0 Å². The summed E-state index contributed by atoms with van der Waals surface area (Å²) in [5.74, 6) is -1.55. The lowest BCUT2D eigenvalue weighted by atomic mass is 9.66. The first kappa shape index (κ1) is 23.9. The molecule has 5 rings (SSSR count). The highest BCUT2D eigenvalue weighted by Gasteiger charge is 2.65. The third-order valence-electron chi connectivity index (χ3n) is 7.88. The molecule has 2 bridgehead atoms. The second-order valence-corrected chi connectivity index (χ2v) is 12.2. The number of hydrogen-bond donors (Lipinski definition) is 1. The van der Waals surface area contributed by atoms with Gasteiger partial charge in [0.05, 0.1) is 39.9 Å². The van der Waals surface area contributed by atoms with Crippen LogP contribution in [0.15, 0.2) is 47.5 Å². The lowest BCUT2D eigenvalue weighted by Crippen LogP contribution is -2.38. The van der Waals surface area contributed by atoms with E-state index < -0.39 is 33.0 Å². The predicted molar refractivity (Wildman–Crippen MR) is 127 cm³/mol. The van der Waals surface area contributed by atoms with Gasteiger partial charge in [0.2, 0.25) is 0 Å². The molecule has 35 heavy (non-hydrogen) atoms. The molecule has 0 aliphatic heterocycles. The van der Waals surface area contributed by atoms with Gasteiger partial charge in [-0.2, -0.15) is 5.10 Å². The molecule has 1 fully saturated rings. The topological polar surface area (TPSA) is 93.0 Å². The molecule has 0 saturated heterocycles. The first-order chi connectivity index (χ1) is 16.5. The van der Waals surface area contributed by atoms with Crippen LogP contribution in [-0.2, 0) is 15.3 Å². The van der Waals surface area contributed by atoms with Crippen LogP contribution in [0.1, 0.15) is 62.9 Å². The van der Waals surface area contributed by atoms with Crippen molar-refractivity contribution in [1.29, 1.82) is 0 Å². The summed E-state index contributed by atoms with van der Waals surface area (Å²) in [7, 11) is -3.69. The van der Waals surface area contributed by atoms with Gasteiger partial charge >= 0.3 is 0 Å². The number of benzene rings is 1. The van der Waals surface area contributed by atoms with Crippen molar-refractivity contribution in [3.63, 3.8) is 0 Å². The number of nitrogens with zero attached hydrogens (tertiary/aromatic N) is 3. The predicted octanol–water partition coefficient (Wildman–Crippen LogP) is 4.56. The Morgan fingerprint density at radius 2 is 1.80 bits per heavy atom. The highest BCUT2D eigenvalue weighted by atomic mass is 32.2. The third kappa shape index (κ3) is 3.50. The van der Waals surface area contributed by atoms with Gasteiger partial charge in [-0.15, -0.1) is 5.10 Å². The van der Waals surface area contributed by atoms with Crippen molar-refractivity contribution >= 4 is 9.84 Å². The molecule has 0 unspecified atom stereocenters. The van der Waals surface area contributed by atoms with Crippen LogP contribution in [0.5, 0.6) is 0 Å². The number of halogens is 2. The minimum Gasteiger partial charge on any atom is -0.393 e. The molecule has 2 aromatic heterocycles. The molecule has 0 spiro atoms. The van der Waals surface area contributed by atoms with E-state index >= 15 is 0 Å². The summed E-state index contributed by atoms with van der Waals surface area (Å²) in [6.07, 6.45) is 0.915. The second kappa shape index (κ2) is 8.13. The molecule has 3 atom stereocenters. The van der Waals surface area contributed by atoms with Crippen molar-refractivity contribution in [2.24, 2.45) is 5.41 Å². The van der Waals surface area contributed by atoms with Crippen molar-refractivity contribution in [2.75, 3.05) is 5.75 Å². The molecule has 0 radical (unpaired) electrons. The highest BCUT2D eigenvalue weighted by Crippen LogP contribution is 2.69. The fraction of sp³-hybridized carbons (Fsp3) is 0.423. The van der Waals surface area contributed by atoms with E-state index in [1.165, 1.54) is 24.3 Å². The molecule has 6 nitrogen and oxygen atoms in total. The minimum absolute atomic E-state index is 0.0317. The summed E-state index contributed by atoms with van der Waals surface area (Å²) >= 11 is 0. The number of pyridine rings is 1. The molecule has 1 N–H and O–H groups in total. The summed E-state index contributed by atoms with van der Waals surface area (Å²) in [6, 6.07) is 10.4. The van der Waals surface area contributed by atoms with E-state index in [0.717, 1.165) is 12.0 Å². The Balaban J connectivity index is 1.63. The monoisotopic (exact) mass is 499 g/mol. The average molecular weight is 500 g/mol. The minimum atomic E-state index is -3.69. The number of aliphatic hydroxyl groups excluding tert-OH is 1. The van der Waals surface area contributed by atoms with Gasteiger partial charge in [0.1, 0.15) is 11.6 Å². The quantitative estimate of drug-likeness (QED) is 0.534. The van der Waals surface area contributed by atoms with Crippen LogP contribution in [-0.4, -0.2) is 40.6 Å². The Morgan fingerprint density at radius 3 is 2.49 bits per heavy atom. The van der Waals surface area contributed by atoms with E-state index in [1.54, 1.807) is 19.1 Å². The van der Waals surface area contributed by atoms with Crippen LogP contribution in [0.3, 0.4) is 0 Å². The molecule has 184 valence electrons. The molecule has 1 aromatic carbocycles. The van der Waals surface area contributed by atoms with Crippen LogP contribution in [0.25, 0.3) is 11.3 Å². The Labute approximate surface area is 203 Å². The van der Waals surface area contributed by atoms with Gasteiger partial charge in [-0.1, -0.05) is 26.0 Å². The number of rotatable bonds is 6. The molecule has 3 aromatic rings. The van der Waals surface area contributed by atoms with Crippen LogP contribution >= 0.6 is 0 Å². The summed E-state index contributed by atoms with van der Waals surface area (Å²) in [5, 5.41) is 18.2. The third-order valence-corrected chi connectivity index (χ3v) is 9.52. The number of aromatic nitrogens is 3. The van der Waals surface area contributed by atoms with Crippen LogP contribution in [0.2, 0.25) is 0 Å². The zero-order valence-corrected chi connectivity index (χ0v) is 20.6. The maximum absolute atomic E-state index is 14.4. The summed E-state index contributed by atoms with van der Waals surface area (Å²) in [4.78, 5) is 4.62. The van der Waals surface area contributed by atoms with Gasteiger partial charge in [0.25, 0.3) is 0 Å². The number of aliphatic hydroxyl groups is 1. The highest BCUT2D eigenvalue weighted by molar-refractivity contribution is 7.91. The van der Waals surface area contributed by atoms with E-state index in [-0.39, 0.29) is 39.8 Å². The summed E-state index contributed by atoms with van der Waals surface area (Å²) in [6.45, 7) is 5.76. The first-order valence-electron chi connectivity index (χ1n) is 11.7. The maximum atomic E-state index is 14.4. The Bertz CT molecular complexity index is 1400. The molecule has 0 amide bonds. The normalized spacial score (nSPS) is 23.3. The Kier molecular flexibility index (Phi) is 5.56. The zero-order valence-electron chi connectivity index (χ0n) is 19.8. The smallest absolute Gasteiger partial charge is 0.195 e. The van der Waals surface area contributed by atoms with E-state index in [1.807, 2.05) is 6.07 Å². The van der Waals surface area contributed by atoms with Gasteiger partial charge in [0.15, 0.2) is 14.9 Å². The van der Waals surface area contributed by atoms with Gasteiger partial charge in [-0.3, -0.25) is 0 Å². The Hall–Kier alpha value is -2.78. The largest absolute Gasteiger partial charge is 0.393 e. The van der Waals surface area contributed by atoms with Crippen LogP contribution in [0, 0.1) is 17.0 Å². The van der Waals surface area contributed by atoms with E-state index in [4.69, 9.17) is 0 Å². The lowest BCUT2D eigenvalue weighted by molar-refractivity contribution is 0.191. The van der Waals surface area contributed by atoms with Gasteiger partial charge in [-0.25, -0.2) is 22.2 Å². The standard InChI is InChI=1S/C26H27F2N3O3S/c1-15(32)11-13-35(33,34)22-9-5-8-21(29-22)26-12-10-17(25(26,2)3)16-14-20(30-31-24(16)26)23-18(27)6-4-7-19(23)28/h4-9,14-15,17,32H,10-13H2,1-3H3/t15-,17-,26-/m0/s1. The second-order valence-electron chi connectivity index (χ2n) is 10.2. The van der Waals surface area contributed by atoms with E-state index in [0.29, 0.717) is 17.8 Å². The lowest BCUT2D eigenvalue weighted by Gasteiger charge is -2.37. The maximum Gasteiger partial charge on any atom is 0.195 e. The van der Waals surface area contributed by atoms with Crippen LogP contribution in [0.4, 0.5) is 8.78 Å². The average Bonchev–Trinajstić information content (AvgIpc) is 3.19. The summed E-state index contributed by atoms with van der Waals surface area (Å²) < 4.78 is 54.7. The molecule has 2 heterocycles. The van der Waals surface area contributed by atoms with E-state index in [9.17, 15) is 22.3 Å². The fourth-order valence-electron chi connectivity index (χ4n) is 6.01. The fourth-order valence-corrected chi connectivity index (χ4v) is 7.40. The Morgan fingerprint density at radius 1 is 1.11 bits per heavy atom. The molecule has 9 heteroatoms. The van der Waals surface area contributed by atoms with Gasteiger partial charge < -0.3 is 5.11 Å². The van der Waals surface area contributed by atoms with Crippen molar-refractivity contribution in [1.82, 2.24) is 15.2 Å². The molecular weight excluding hydrogens is 472 g/mol. The number of sulfone groups is 1. The number of hydrogen-bond acceptors (Lipinski definition) is 6.